The van der Waals surface area contributed by atoms with Gasteiger partial charge in [0.25, 0.3) is 0 Å². The van der Waals surface area contributed by atoms with E-state index in [0.29, 0.717) is 18.4 Å². The van der Waals surface area contributed by atoms with Crippen LogP contribution in [0.25, 0.3) is 10.9 Å². The van der Waals surface area contributed by atoms with Gasteiger partial charge >= 0.3 is 0 Å². The number of carbonyl (C=O) groups excluding carboxylic acids is 1. The number of aromatic nitrogens is 3. The fourth-order valence-electron chi connectivity index (χ4n) is 2.61. The first kappa shape index (κ1) is 16.3. The molecule has 0 saturated carbocycles. The van der Waals surface area contributed by atoms with Crippen molar-refractivity contribution in [1.82, 2.24) is 20.1 Å². The van der Waals surface area contributed by atoms with E-state index in [-0.39, 0.29) is 17.9 Å². The maximum atomic E-state index is 12.2. The Morgan fingerprint density at radius 1 is 1.25 bits per heavy atom. The number of benzene rings is 1. The average Bonchev–Trinajstić information content (AvgIpc) is 2.97. The number of nitrogens with one attached hydrogen (secondary N) is 1. The molecule has 3 aromatic rings. The normalized spacial score (nSPS) is 10.9. The van der Waals surface area contributed by atoms with Gasteiger partial charge in [0.15, 0.2) is 5.43 Å². The van der Waals surface area contributed by atoms with Gasteiger partial charge in [-0.2, -0.15) is 0 Å². The predicted octanol–water partition coefficient (Wildman–Crippen LogP) is 1.83. The van der Waals surface area contributed by atoms with E-state index >= 15 is 0 Å². The number of hydrogen-bond acceptors (Lipinski definition) is 5. The molecule has 0 spiro atoms. The van der Waals surface area contributed by atoms with Crippen LogP contribution in [0.15, 0.2) is 35.1 Å². The van der Waals surface area contributed by atoms with Crippen molar-refractivity contribution < 1.29 is 4.79 Å². The van der Waals surface area contributed by atoms with Crippen LogP contribution >= 0.6 is 11.3 Å². The molecule has 0 radical (unpaired) electrons. The van der Waals surface area contributed by atoms with E-state index in [1.807, 2.05) is 36.6 Å². The van der Waals surface area contributed by atoms with Crippen LogP contribution in [0.1, 0.15) is 15.7 Å². The Bertz CT molecular complexity index is 945. The van der Waals surface area contributed by atoms with E-state index in [1.54, 1.807) is 12.1 Å². The Hall–Kier alpha value is -2.54. The van der Waals surface area contributed by atoms with E-state index in [9.17, 15) is 9.59 Å². The predicted molar refractivity (Wildman–Crippen MR) is 94.3 cm³/mol. The molecule has 7 heteroatoms. The van der Waals surface area contributed by atoms with Gasteiger partial charge in [-0.3, -0.25) is 9.59 Å². The quantitative estimate of drug-likeness (QED) is 0.767. The van der Waals surface area contributed by atoms with E-state index in [1.165, 1.54) is 11.3 Å². The van der Waals surface area contributed by atoms with E-state index in [2.05, 4.69) is 15.5 Å². The highest BCUT2D eigenvalue weighted by Crippen LogP contribution is 2.12. The molecule has 124 valence electrons. The molecule has 0 fully saturated rings. The van der Waals surface area contributed by atoms with Crippen LogP contribution in [-0.4, -0.2) is 27.2 Å². The number of fused-ring (bicyclic) bond motifs is 1. The van der Waals surface area contributed by atoms with Crippen molar-refractivity contribution in [2.24, 2.45) is 0 Å². The summed E-state index contributed by atoms with van der Waals surface area (Å²) >= 11 is 1.54. The molecule has 0 aliphatic carbocycles. The summed E-state index contributed by atoms with van der Waals surface area (Å²) in [6.07, 6.45) is 0.668. The summed E-state index contributed by atoms with van der Waals surface area (Å²) in [4.78, 5) is 24.3. The number of amides is 1. The summed E-state index contributed by atoms with van der Waals surface area (Å²) in [6.45, 7) is 4.45. The average molecular weight is 342 g/mol. The molecule has 3 rings (SSSR count). The van der Waals surface area contributed by atoms with Crippen molar-refractivity contribution in [2.75, 3.05) is 6.54 Å². The van der Waals surface area contributed by atoms with Crippen LogP contribution < -0.4 is 10.7 Å². The molecule has 6 nitrogen and oxygen atoms in total. The minimum Gasteiger partial charge on any atom is -0.354 e. The second kappa shape index (κ2) is 6.92. The largest absolute Gasteiger partial charge is 0.354 e. The van der Waals surface area contributed by atoms with Crippen molar-refractivity contribution >= 4 is 28.1 Å². The highest BCUT2D eigenvalue weighted by molar-refractivity contribution is 7.11. The van der Waals surface area contributed by atoms with Crippen molar-refractivity contribution in [1.29, 1.82) is 0 Å². The summed E-state index contributed by atoms with van der Waals surface area (Å²) in [5.41, 5.74) is 1.53. The van der Waals surface area contributed by atoms with Crippen LogP contribution in [0.5, 0.6) is 0 Å². The Labute approximate surface area is 143 Å². The Morgan fingerprint density at radius 2 is 2.04 bits per heavy atom. The summed E-state index contributed by atoms with van der Waals surface area (Å²) < 4.78 is 1.86. The second-order valence-corrected chi connectivity index (χ2v) is 6.83. The minimum atomic E-state index is -0.0897. The molecular weight excluding hydrogens is 324 g/mol. The maximum absolute atomic E-state index is 12.2. The molecule has 2 heterocycles. The topological polar surface area (TPSA) is 76.9 Å². The minimum absolute atomic E-state index is 0.0219. The third kappa shape index (κ3) is 3.51. The van der Waals surface area contributed by atoms with E-state index < -0.39 is 0 Å². The molecule has 1 aromatic carbocycles. The van der Waals surface area contributed by atoms with Crippen molar-refractivity contribution in [3.8, 4) is 0 Å². The lowest BCUT2D eigenvalue weighted by Gasteiger charge is -2.14. The molecule has 1 N–H and O–H groups in total. The zero-order valence-electron chi connectivity index (χ0n) is 13.6. The molecule has 0 saturated heterocycles. The van der Waals surface area contributed by atoms with Gasteiger partial charge in [0.05, 0.1) is 5.52 Å². The molecular formula is C17H18N4O2S. The van der Waals surface area contributed by atoms with Gasteiger partial charge in [0, 0.05) is 30.1 Å². The van der Waals surface area contributed by atoms with Gasteiger partial charge in [-0.05, 0) is 26.0 Å². The number of rotatable bonds is 5. The first-order valence-corrected chi connectivity index (χ1v) is 8.51. The van der Waals surface area contributed by atoms with Crippen LogP contribution in [0.4, 0.5) is 0 Å². The molecule has 0 atom stereocenters. The number of hydrogen-bond donors (Lipinski definition) is 1. The summed E-state index contributed by atoms with van der Waals surface area (Å²) in [7, 11) is 0. The SMILES string of the molecule is Cc1nnc(CCNC(=O)Cn2c(C)cc(=O)c3ccccc32)s1. The van der Waals surface area contributed by atoms with E-state index in [0.717, 1.165) is 21.2 Å². The number of pyridine rings is 1. The molecule has 1 amide bonds. The highest BCUT2D eigenvalue weighted by Gasteiger charge is 2.10. The van der Waals surface area contributed by atoms with Gasteiger partial charge in [0.2, 0.25) is 5.91 Å². The summed E-state index contributed by atoms with van der Waals surface area (Å²) in [5.74, 6) is -0.0897. The fraction of sp³-hybridized carbons (Fsp3) is 0.294. The van der Waals surface area contributed by atoms with Crippen LogP contribution in [-0.2, 0) is 17.8 Å². The molecule has 2 aromatic heterocycles. The molecule has 0 aliphatic heterocycles. The first-order chi connectivity index (χ1) is 11.5. The highest BCUT2D eigenvalue weighted by atomic mass is 32.1. The summed E-state index contributed by atoms with van der Waals surface area (Å²) in [6, 6.07) is 8.91. The third-order valence-corrected chi connectivity index (χ3v) is 4.66. The van der Waals surface area contributed by atoms with Crippen LogP contribution in [0.2, 0.25) is 0 Å². The monoisotopic (exact) mass is 342 g/mol. The standard InChI is InChI=1S/C17H18N4O2S/c1-11-9-15(22)13-5-3-4-6-14(13)21(11)10-16(23)18-8-7-17-20-19-12(2)24-17/h3-6,9H,7-8,10H2,1-2H3,(H,18,23). The number of nitrogens with zero attached hydrogens (tertiary/aromatic N) is 3. The maximum Gasteiger partial charge on any atom is 0.239 e. The third-order valence-electron chi connectivity index (χ3n) is 3.76. The van der Waals surface area contributed by atoms with Gasteiger partial charge in [0.1, 0.15) is 16.6 Å². The second-order valence-electron chi connectivity index (χ2n) is 5.57. The van der Waals surface area contributed by atoms with Gasteiger partial charge in [-0.25, -0.2) is 0 Å². The first-order valence-electron chi connectivity index (χ1n) is 7.69. The Balaban J connectivity index is 1.70. The lowest BCUT2D eigenvalue weighted by molar-refractivity contribution is -0.121. The number of carbonyl (C=O) groups is 1. The molecule has 0 aliphatic rings. The molecule has 0 bridgehead atoms. The lowest BCUT2D eigenvalue weighted by atomic mass is 10.2. The smallest absolute Gasteiger partial charge is 0.239 e. The van der Waals surface area contributed by atoms with Gasteiger partial charge in [-0.1, -0.05) is 12.1 Å². The fourth-order valence-corrected chi connectivity index (χ4v) is 3.32. The Morgan fingerprint density at radius 3 is 2.79 bits per heavy atom. The zero-order valence-corrected chi connectivity index (χ0v) is 14.4. The van der Waals surface area contributed by atoms with Crippen LogP contribution in [0, 0.1) is 13.8 Å². The van der Waals surface area contributed by atoms with Gasteiger partial charge in [-0.15, -0.1) is 21.5 Å². The number of aryl methyl sites for hydroxylation is 2. The van der Waals surface area contributed by atoms with Crippen molar-refractivity contribution in [3.05, 3.63) is 56.3 Å². The van der Waals surface area contributed by atoms with Crippen molar-refractivity contribution in [2.45, 2.75) is 26.8 Å². The number of para-hydroxylation sites is 1. The molecule has 0 unspecified atom stereocenters. The van der Waals surface area contributed by atoms with Gasteiger partial charge < -0.3 is 9.88 Å². The van der Waals surface area contributed by atoms with Crippen LogP contribution in [0.3, 0.4) is 0 Å². The van der Waals surface area contributed by atoms with Crippen molar-refractivity contribution in [3.63, 3.8) is 0 Å². The zero-order chi connectivity index (χ0) is 17.1. The molecule has 24 heavy (non-hydrogen) atoms. The lowest BCUT2D eigenvalue weighted by Crippen LogP contribution is -2.30. The Kier molecular flexibility index (Phi) is 4.71. The van der Waals surface area contributed by atoms with E-state index in [4.69, 9.17) is 0 Å². The summed E-state index contributed by atoms with van der Waals surface area (Å²) in [5, 5.41) is 13.4.